The predicted molar refractivity (Wildman–Crippen MR) is 448 cm³/mol. The third kappa shape index (κ3) is 12.7. The van der Waals surface area contributed by atoms with E-state index in [1.165, 1.54) is 165 Å². The second kappa shape index (κ2) is 31.1. The molecule has 0 radical (unpaired) electrons. The van der Waals surface area contributed by atoms with Gasteiger partial charge in [0.2, 0.25) is 0 Å². The molecule has 0 fully saturated rings. The van der Waals surface area contributed by atoms with Crippen molar-refractivity contribution in [1.82, 2.24) is 0 Å². The first-order chi connectivity index (χ1) is 51.8. The summed E-state index contributed by atoms with van der Waals surface area (Å²) < 4.78 is 5.94. The average Bonchev–Trinajstić information content (AvgIpc) is 1.49. The van der Waals surface area contributed by atoms with E-state index in [-0.39, 0.29) is 22.7 Å². The van der Waals surface area contributed by atoms with Crippen LogP contribution in [-0.2, 0) is 36.5 Å². The number of allylic oxidation sites excluding steroid dienone is 6. The normalized spacial score (nSPS) is 14.8. The molecule has 12 heteroatoms. The lowest BCUT2D eigenvalue weighted by Crippen LogP contribution is -2.30. The number of hydrogen-bond acceptors (Lipinski definition) is 10. The number of rotatable bonds is 26. The van der Waals surface area contributed by atoms with Gasteiger partial charge in [-0.25, -0.2) is 0 Å². The zero-order chi connectivity index (χ0) is 73.4. The first kappa shape index (κ1) is 72.6. The minimum Gasteiger partial charge on any atom is -0.289 e. The Bertz CT molecular complexity index is 5150. The van der Waals surface area contributed by atoms with Gasteiger partial charge < -0.3 is 0 Å². The van der Waals surface area contributed by atoms with E-state index in [1.54, 1.807) is 34.8 Å². The van der Waals surface area contributed by atoms with Crippen LogP contribution in [0.5, 0.6) is 0 Å². The summed E-state index contributed by atoms with van der Waals surface area (Å²) in [5, 5.41) is 42.0. The summed E-state index contributed by atoms with van der Waals surface area (Å²) in [5.74, 6) is -0.436. The van der Waals surface area contributed by atoms with E-state index in [4.69, 9.17) is 0 Å². The number of nitrogens with zero attached hydrogens (tertiary/aromatic N) is 4. The van der Waals surface area contributed by atoms with Crippen LogP contribution in [0.1, 0.15) is 239 Å². The Morgan fingerprint density at radius 1 is 0.368 bits per heavy atom. The summed E-state index contributed by atoms with van der Waals surface area (Å²) in [4.78, 5) is 33.7. The molecule has 7 aromatic carbocycles. The van der Waals surface area contributed by atoms with Gasteiger partial charge in [-0.2, -0.15) is 21.0 Å². The second-order valence-corrected chi connectivity index (χ2v) is 35.0. The van der Waals surface area contributed by atoms with E-state index in [2.05, 4.69) is 205 Å². The van der Waals surface area contributed by atoms with Gasteiger partial charge in [-0.1, -0.05) is 246 Å². The Morgan fingerprint density at radius 2 is 0.679 bits per heavy atom. The molecular formula is C94H80Br2N4O2S4. The third-order valence-electron chi connectivity index (χ3n) is 22.3. The van der Waals surface area contributed by atoms with Gasteiger partial charge in [0.25, 0.3) is 0 Å². The number of benzene rings is 7. The van der Waals surface area contributed by atoms with Crippen LogP contribution in [-0.4, -0.2) is 11.6 Å². The maximum Gasteiger partial charge on any atom is 0.194 e. The highest BCUT2D eigenvalue weighted by Crippen LogP contribution is 2.68. The number of nitriles is 4. The zero-order valence-electron chi connectivity index (χ0n) is 60.3. The van der Waals surface area contributed by atoms with Crippen molar-refractivity contribution < 1.29 is 9.59 Å². The van der Waals surface area contributed by atoms with Crippen molar-refractivity contribution in [3.63, 3.8) is 0 Å². The minimum absolute atomic E-state index is 0.0944. The first-order valence-electron chi connectivity index (χ1n) is 37.8. The molecule has 106 heavy (non-hydrogen) atoms. The third-order valence-corrected chi connectivity index (χ3v) is 28.1. The topological polar surface area (TPSA) is 129 Å². The maximum absolute atomic E-state index is 14.8. The van der Waals surface area contributed by atoms with Crippen molar-refractivity contribution in [3.8, 4) is 45.2 Å². The van der Waals surface area contributed by atoms with Crippen LogP contribution in [0, 0.1) is 45.3 Å². The van der Waals surface area contributed by atoms with Crippen molar-refractivity contribution in [3.05, 3.63) is 288 Å². The van der Waals surface area contributed by atoms with Gasteiger partial charge in [0.05, 0.1) is 20.2 Å². The van der Waals surface area contributed by atoms with Crippen molar-refractivity contribution in [2.24, 2.45) is 0 Å². The van der Waals surface area contributed by atoms with Crippen molar-refractivity contribution in [2.45, 2.75) is 167 Å². The molecule has 4 aliphatic rings. The Kier molecular flexibility index (Phi) is 21.3. The van der Waals surface area contributed by atoms with Gasteiger partial charge >= 0.3 is 0 Å². The molecule has 4 aromatic heterocycles. The molecule has 4 heterocycles. The minimum atomic E-state index is -0.851. The summed E-state index contributed by atoms with van der Waals surface area (Å²) in [6.07, 6.45) is 26.6. The Hall–Kier alpha value is -8.92. The zero-order valence-corrected chi connectivity index (χ0v) is 66.7. The predicted octanol–water partition coefficient (Wildman–Crippen LogP) is 27.1. The Morgan fingerprint density at radius 3 is 0.972 bits per heavy atom. The molecule has 15 rings (SSSR count). The lowest BCUT2D eigenvalue weighted by atomic mass is 9.65. The van der Waals surface area contributed by atoms with Gasteiger partial charge in [0.1, 0.15) is 35.4 Å². The SMILES string of the molecule is CCCCCCc1ccc(C2(c3ccc(CCCCCC)cc3)c3cc4c(cc3-c3sc5cc(/C=C6\C(=O)c7cc(Br)ccc7C6=C(C#N)C#N)sc5c32)C(c2ccc(CCCCCC)cc2)(c2ccc(CCCCCC)cc2)c2c-4sc3cc(/C=C4\C(=O)c5cc(Br)ccc5C4=C(C#N)C#N)sc23)cc1. The van der Waals surface area contributed by atoms with Crippen LogP contribution in [0.25, 0.3) is 63.0 Å². The summed E-state index contributed by atoms with van der Waals surface area (Å²) in [6.45, 7) is 9.06. The van der Waals surface area contributed by atoms with Gasteiger partial charge in [-0.3, -0.25) is 9.59 Å². The highest BCUT2D eigenvalue weighted by Gasteiger charge is 2.55. The molecule has 0 aliphatic heterocycles. The number of halogens is 2. The monoisotopic (exact) mass is 1580 g/mol. The molecule has 0 unspecified atom stereocenters. The Labute approximate surface area is 655 Å². The van der Waals surface area contributed by atoms with E-state index < -0.39 is 10.8 Å². The number of carbonyl (C=O) groups is 2. The fraction of sp³-hybridized carbons (Fsp3) is 0.277. The number of aryl methyl sites for hydroxylation is 4. The van der Waals surface area contributed by atoms with Crippen LogP contribution < -0.4 is 0 Å². The van der Waals surface area contributed by atoms with Gasteiger partial charge in [0.15, 0.2) is 11.6 Å². The number of unbranched alkanes of at least 4 members (excludes halogenated alkanes) is 12. The van der Waals surface area contributed by atoms with Crippen LogP contribution in [0.3, 0.4) is 0 Å². The number of carbonyl (C=O) groups excluding carboxylic acids is 2. The molecule has 0 atom stereocenters. The molecule has 0 saturated carbocycles. The summed E-state index contributed by atoms with van der Waals surface area (Å²) in [5.41, 5.74) is 18.8. The maximum atomic E-state index is 14.8. The molecule has 0 bridgehead atoms. The van der Waals surface area contributed by atoms with Crippen molar-refractivity contribution >= 4 is 131 Å². The van der Waals surface area contributed by atoms with E-state index in [9.17, 15) is 30.6 Å². The molecule has 0 saturated heterocycles. The van der Waals surface area contributed by atoms with Gasteiger partial charge in [0, 0.05) is 82.4 Å². The fourth-order valence-corrected chi connectivity index (χ4v) is 23.3. The van der Waals surface area contributed by atoms with Gasteiger partial charge in [-0.05, 0) is 190 Å². The quantitative estimate of drug-likeness (QED) is 0.0302. The number of fused-ring (bicyclic) bond motifs is 12. The summed E-state index contributed by atoms with van der Waals surface area (Å²) in [7, 11) is 0. The fourth-order valence-electron chi connectivity index (χ4n) is 17.1. The number of hydrogen-bond donors (Lipinski definition) is 0. The molecule has 4 aliphatic carbocycles. The van der Waals surface area contributed by atoms with Crippen LogP contribution in [0.15, 0.2) is 189 Å². The van der Waals surface area contributed by atoms with Crippen LogP contribution in [0.4, 0.5) is 0 Å². The van der Waals surface area contributed by atoms with Gasteiger partial charge in [-0.15, -0.1) is 45.3 Å². The highest BCUT2D eigenvalue weighted by molar-refractivity contribution is 9.10. The number of Topliss-reactive ketones (excluding diaryl/α,β-unsaturated/α-hetero) is 2. The molecule has 0 N–H and O–H groups in total. The molecule has 0 spiro atoms. The summed E-state index contributed by atoms with van der Waals surface area (Å²) >= 11 is 14.2. The second-order valence-electron chi connectivity index (χ2n) is 28.9. The van der Waals surface area contributed by atoms with Crippen molar-refractivity contribution in [1.29, 1.82) is 21.0 Å². The molecule has 0 amide bonds. The van der Waals surface area contributed by atoms with Crippen molar-refractivity contribution in [2.75, 3.05) is 0 Å². The van der Waals surface area contributed by atoms with Crippen LogP contribution >= 0.6 is 77.2 Å². The van der Waals surface area contributed by atoms with Crippen LogP contribution in [0.2, 0.25) is 0 Å². The molecular weight excluding hydrogens is 1510 g/mol. The average molecular weight is 1590 g/mol. The van der Waals surface area contributed by atoms with E-state index in [0.717, 1.165) is 88.9 Å². The smallest absolute Gasteiger partial charge is 0.194 e. The van der Waals surface area contributed by atoms with E-state index in [1.807, 2.05) is 59.1 Å². The standard InChI is InChI=1S/C94H80Br2N4O2S4/c1-5-9-13-17-21-57-25-33-63(34-26-57)93(64-35-27-58(28-36-64)22-18-14-10-6-2)79-51-76-80(52-75(79)89-85(93)91-81(105-89)49-69(103-91)47-77-83(61(53-97)54-98)71-43-41-67(95)45-73(71)87(77)101)94(65-37-29-59(30-38-65)23-19-15-11-7-3,66-39-31-60(32-40-66)24-20-16-12-8-4)86-90(76)106-82-50-70(104-92(82)86)48-78-84(62(55-99)56-100)72-44-42-68(96)46-74(72)88(78)102/h25-52H,5-24H2,1-4H3/b77-47-,78-48-. The largest absolute Gasteiger partial charge is 0.289 e. The van der Waals surface area contributed by atoms with E-state index >= 15 is 0 Å². The number of ketones is 2. The number of thiophene rings is 4. The van der Waals surface area contributed by atoms with E-state index in [0.29, 0.717) is 44.5 Å². The summed E-state index contributed by atoms with van der Waals surface area (Å²) in [6, 6.07) is 67.5. The Balaban J connectivity index is 1.01. The lowest BCUT2D eigenvalue weighted by molar-refractivity contribution is 0.103. The molecule has 6 nitrogen and oxygen atoms in total. The first-order valence-corrected chi connectivity index (χ1v) is 42.6. The molecule has 11 aromatic rings. The highest BCUT2D eigenvalue weighted by atomic mass is 79.9. The lowest BCUT2D eigenvalue weighted by Gasteiger charge is -2.36. The molecule has 526 valence electrons.